The Kier molecular flexibility index (Phi) is 10.7. The van der Waals surface area contributed by atoms with Gasteiger partial charge in [0.2, 0.25) is 5.91 Å². The molecule has 0 aliphatic carbocycles. The van der Waals surface area contributed by atoms with Crippen LogP contribution in [-0.4, -0.2) is 29.1 Å². The topological polar surface area (TPSA) is 63.2 Å². The molecule has 0 unspecified atom stereocenters. The Hall–Kier alpha value is -0.840. The van der Waals surface area contributed by atoms with Crippen LogP contribution in [0.15, 0.2) is 0 Å². The molecule has 0 heterocycles. The third-order valence-corrected chi connectivity index (χ3v) is 3.26. The molecule has 0 aliphatic heterocycles. The Balaban J connectivity index is 3.49. The van der Waals surface area contributed by atoms with E-state index in [4.69, 9.17) is 0 Å². The third-order valence-electron chi connectivity index (χ3n) is 2.39. The standard InChI is InChI=1S/C13H23NO3S/c1-3-4-5-6-7-12(16)10-13(17)18-9-8-14-11(2)15/h3-10H2,1-2H3,(H,14,15). The molecule has 0 aliphatic rings. The second-order valence-corrected chi connectivity index (χ2v) is 5.38. The summed E-state index contributed by atoms with van der Waals surface area (Å²) in [4.78, 5) is 33.4. The van der Waals surface area contributed by atoms with E-state index in [1.54, 1.807) is 0 Å². The summed E-state index contributed by atoms with van der Waals surface area (Å²) in [5.41, 5.74) is 0. The van der Waals surface area contributed by atoms with Crippen molar-refractivity contribution in [3.8, 4) is 0 Å². The number of thioether (sulfide) groups is 1. The van der Waals surface area contributed by atoms with Crippen molar-refractivity contribution in [3.63, 3.8) is 0 Å². The van der Waals surface area contributed by atoms with Crippen molar-refractivity contribution in [2.45, 2.75) is 52.4 Å². The first-order valence-electron chi connectivity index (χ1n) is 6.48. The number of hydrogen-bond acceptors (Lipinski definition) is 4. The molecular weight excluding hydrogens is 250 g/mol. The summed E-state index contributed by atoms with van der Waals surface area (Å²) in [5.74, 6) is 0.458. The maximum Gasteiger partial charge on any atom is 0.216 e. The monoisotopic (exact) mass is 273 g/mol. The summed E-state index contributed by atoms with van der Waals surface area (Å²) < 4.78 is 0. The van der Waals surface area contributed by atoms with E-state index >= 15 is 0 Å². The van der Waals surface area contributed by atoms with E-state index < -0.39 is 0 Å². The van der Waals surface area contributed by atoms with Gasteiger partial charge in [0.25, 0.3) is 0 Å². The molecule has 1 amide bonds. The molecule has 0 aromatic rings. The smallest absolute Gasteiger partial charge is 0.216 e. The molecule has 0 aromatic carbocycles. The lowest BCUT2D eigenvalue weighted by Crippen LogP contribution is -2.22. The highest BCUT2D eigenvalue weighted by Gasteiger charge is 2.09. The zero-order valence-electron chi connectivity index (χ0n) is 11.3. The second kappa shape index (κ2) is 11.3. The Labute approximate surface area is 113 Å². The number of Topliss-reactive ketones (excluding diaryl/α,β-unsaturated/α-hetero) is 1. The molecule has 0 rings (SSSR count). The minimum atomic E-state index is -0.102. The average Bonchev–Trinajstić information content (AvgIpc) is 2.30. The SMILES string of the molecule is CCCCCCC(=O)CC(=O)SCCNC(C)=O. The third kappa shape index (κ3) is 11.6. The van der Waals surface area contributed by atoms with Crippen LogP contribution < -0.4 is 5.32 Å². The van der Waals surface area contributed by atoms with Crippen molar-refractivity contribution in [1.29, 1.82) is 0 Å². The van der Waals surface area contributed by atoms with Gasteiger partial charge >= 0.3 is 0 Å². The number of unbranched alkanes of at least 4 members (excludes halogenated alkanes) is 3. The zero-order valence-corrected chi connectivity index (χ0v) is 12.1. The number of nitrogens with one attached hydrogen (secondary N) is 1. The van der Waals surface area contributed by atoms with Crippen molar-refractivity contribution >= 4 is 28.6 Å². The summed E-state index contributed by atoms with van der Waals surface area (Å²) >= 11 is 1.12. The summed E-state index contributed by atoms with van der Waals surface area (Å²) in [7, 11) is 0. The lowest BCUT2D eigenvalue weighted by atomic mass is 10.1. The minimum Gasteiger partial charge on any atom is -0.356 e. The van der Waals surface area contributed by atoms with Crippen LogP contribution in [0.4, 0.5) is 0 Å². The van der Waals surface area contributed by atoms with Crippen LogP contribution in [0.25, 0.3) is 0 Å². The Morgan fingerprint density at radius 2 is 1.83 bits per heavy atom. The molecule has 18 heavy (non-hydrogen) atoms. The summed E-state index contributed by atoms with van der Waals surface area (Å²) in [5, 5.41) is 2.51. The highest BCUT2D eigenvalue weighted by Crippen LogP contribution is 2.09. The highest BCUT2D eigenvalue weighted by molar-refractivity contribution is 8.13. The molecule has 0 atom stereocenters. The molecule has 4 nitrogen and oxygen atoms in total. The molecule has 1 N–H and O–H groups in total. The van der Waals surface area contributed by atoms with Crippen LogP contribution in [-0.2, 0) is 14.4 Å². The van der Waals surface area contributed by atoms with Crippen LogP contribution in [0.2, 0.25) is 0 Å². The van der Waals surface area contributed by atoms with Crippen LogP contribution >= 0.6 is 11.8 Å². The van der Waals surface area contributed by atoms with E-state index in [0.29, 0.717) is 18.7 Å². The van der Waals surface area contributed by atoms with E-state index in [9.17, 15) is 14.4 Å². The van der Waals surface area contributed by atoms with Gasteiger partial charge in [0.1, 0.15) is 5.78 Å². The maximum atomic E-state index is 11.5. The van der Waals surface area contributed by atoms with Gasteiger partial charge in [0, 0.05) is 25.6 Å². The summed E-state index contributed by atoms with van der Waals surface area (Å²) in [6, 6.07) is 0. The maximum absolute atomic E-state index is 11.5. The summed E-state index contributed by atoms with van der Waals surface area (Å²) in [6.45, 7) is 4.03. The van der Waals surface area contributed by atoms with Gasteiger partial charge in [0.05, 0.1) is 6.42 Å². The van der Waals surface area contributed by atoms with Crippen LogP contribution in [0.5, 0.6) is 0 Å². The first kappa shape index (κ1) is 17.2. The fourth-order valence-electron chi connectivity index (χ4n) is 1.44. The molecule has 5 heteroatoms. The second-order valence-electron chi connectivity index (χ2n) is 4.23. The Morgan fingerprint density at radius 1 is 1.11 bits per heavy atom. The quantitative estimate of drug-likeness (QED) is 0.490. The number of carbonyl (C=O) groups is 3. The molecule has 0 fully saturated rings. The summed E-state index contributed by atoms with van der Waals surface area (Å²) in [6.07, 6.45) is 4.77. The van der Waals surface area contributed by atoms with Gasteiger partial charge in [-0.3, -0.25) is 14.4 Å². The number of ketones is 1. The van der Waals surface area contributed by atoms with Crippen molar-refractivity contribution in [1.82, 2.24) is 5.32 Å². The Bertz CT molecular complexity index is 279. The normalized spacial score (nSPS) is 10.1. The molecule has 104 valence electrons. The van der Waals surface area contributed by atoms with E-state index in [2.05, 4.69) is 12.2 Å². The van der Waals surface area contributed by atoms with E-state index in [0.717, 1.165) is 37.4 Å². The zero-order chi connectivity index (χ0) is 13.8. The van der Waals surface area contributed by atoms with Gasteiger partial charge in [-0.25, -0.2) is 0 Å². The number of hydrogen-bond donors (Lipinski definition) is 1. The van der Waals surface area contributed by atoms with Gasteiger partial charge in [-0.05, 0) is 6.42 Å². The Morgan fingerprint density at radius 3 is 2.44 bits per heavy atom. The molecule has 0 radical (unpaired) electrons. The molecule has 0 saturated carbocycles. The van der Waals surface area contributed by atoms with Gasteiger partial charge < -0.3 is 5.32 Å². The minimum absolute atomic E-state index is 0.0247. The van der Waals surface area contributed by atoms with Crippen LogP contribution in [0.1, 0.15) is 52.4 Å². The van der Waals surface area contributed by atoms with Crippen molar-refractivity contribution in [2.24, 2.45) is 0 Å². The fraction of sp³-hybridized carbons (Fsp3) is 0.769. The number of amides is 1. The molecule has 0 bridgehead atoms. The predicted molar refractivity (Wildman–Crippen MR) is 74.5 cm³/mol. The molecular formula is C13H23NO3S. The van der Waals surface area contributed by atoms with Crippen molar-refractivity contribution in [2.75, 3.05) is 12.3 Å². The van der Waals surface area contributed by atoms with Gasteiger partial charge in [-0.1, -0.05) is 37.9 Å². The van der Waals surface area contributed by atoms with Crippen LogP contribution in [0.3, 0.4) is 0 Å². The molecule has 0 aromatic heterocycles. The van der Waals surface area contributed by atoms with Gasteiger partial charge in [-0.2, -0.15) is 0 Å². The lowest BCUT2D eigenvalue weighted by molar-refractivity contribution is -0.123. The average molecular weight is 273 g/mol. The van der Waals surface area contributed by atoms with Crippen LogP contribution in [0, 0.1) is 0 Å². The lowest BCUT2D eigenvalue weighted by Gasteiger charge is -2.02. The predicted octanol–water partition coefficient (Wildman–Crippen LogP) is 2.31. The van der Waals surface area contributed by atoms with E-state index in [1.165, 1.54) is 6.92 Å². The first-order valence-corrected chi connectivity index (χ1v) is 7.46. The van der Waals surface area contributed by atoms with E-state index in [-0.39, 0.29) is 23.2 Å². The highest BCUT2D eigenvalue weighted by atomic mass is 32.2. The van der Waals surface area contributed by atoms with Gasteiger partial charge in [-0.15, -0.1) is 0 Å². The van der Waals surface area contributed by atoms with Crippen molar-refractivity contribution in [3.05, 3.63) is 0 Å². The molecule has 0 saturated heterocycles. The number of rotatable bonds is 10. The molecule has 0 spiro atoms. The fourth-order valence-corrected chi connectivity index (χ4v) is 2.14. The van der Waals surface area contributed by atoms with E-state index in [1.807, 2.05) is 0 Å². The van der Waals surface area contributed by atoms with Crippen molar-refractivity contribution < 1.29 is 14.4 Å². The van der Waals surface area contributed by atoms with Gasteiger partial charge in [0.15, 0.2) is 5.12 Å². The first-order chi connectivity index (χ1) is 8.56. The largest absolute Gasteiger partial charge is 0.356 e. The number of carbonyl (C=O) groups excluding carboxylic acids is 3.